The maximum absolute atomic E-state index is 10.9. The van der Waals surface area contributed by atoms with Crippen LogP contribution in [0.4, 0.5) is 4.79 Å². The number of para-hydroxylation sites is 1. The first-order valence-corrected chi connectivity index (χ1v) is 6.93. The lowest BCUT2D eigenvalue weighted by Gasteiger charge is -2.13. The smallest absolute Gasteiger partial charge is 0.407 e. The molecule has 0 aromatic heterocycles. The number of hydrogen-bond acceptors (Lipinski definition) is 3. The SMILES string of the molecule is Cc1cc(Cl)ccc1-c1cccc2c1OC(OC(N)=O)C2. The summed E-state index contributed by atoms with van der Waals surface area (Å²) in [6.45, 7) is 1.99. The third kappa shape index (κ3) is 2.67. The van der Waals surface area contributed by atoms with Gasteiger partial charge in [-0.15, -0.1) is 0 Å². The van der Waals surface area contributed by atoms with E-state index in [0.717, 1.165) is 28.0 Å². The molecule has 1 heterocycles. The fourth-order valence-electron chi connectivity index (χ4n) is 2.57. The van der Waals surface area contributed by atoms with Crippen molar-refractivity contribution in [1.82, 2.24) is 0 Å². The Morgan fingerprint density at radius 2 is 2.14 bits per heavy atom. The minimum atomic E-state index is -0.836. The van der Waals surface area contributed by atoms with E-state index in [2.05, 4.69) is 0 Å². The monoisotopic (exact) mass is 303 g/mol. The molecule has 0 radical (unpaired) electrons. The predicted octanol–water partition coefficient (Wildman–Crippen LogP) is 3.67. The van der Waals surface area contributed by atoms with Gasteiger partial charge in [-0.2, -0.15) is 0 Å². The molecule has 0 bridgehead atoms. The molecule has 1 atom stereocenters. The lowest BCUT2D eigenvalue weighted by molar-refractivity contribution is -0.0119. The lowest BCUT2D eigenvalue weighted by atomic mass is 9.97. The van der Waals surface area contributed by atoms with Crippen molar-refractivity contribution in [2.45, 2.75) is 19.6 Å². The van der Waals surface area contributed by atoms with E-state index in [1.165, 1.54) is 0 Å². The molecule has 0 spiro atoms. The van der Waals surface area contributed by atoms with Crippen molar-refractivity contribution < 1.29 is 14.3 Å². The van der Waals surface area contributed by atoms with Crippen molar-refractivity contribution in [3.8, 4) is 16.9 Å². The van der Waals surface area contributed by atoms with E-state index in [9.17, 15) is 4.79 Å². The second-order valence-electron chi connectivity index (χ2n) is 4.94. The van der Waals surface area contributed by atoms with Crippen LogP contribution in [0, 0.1) is 6.92 Å². The van der Waals surface area contributed by atoms with Gasteiger partial charge in [-0.05, 0) is 30.2 Å². The van der Waals surface area contributed by atoms with Crippen LogP contribution in [0.1, 0.15) is 11.1 Å². The van der Waals surface area contributed by atoms with Crippen molar-refractivity contribution >= 4 is 17.7 Å². The van der Waals surface area contributed by atoms with Crippen LogP contribution >= 0.6 is 11.6 Å². The Morgan fingerprint density at radius 1 is 1.33 bits per heavy atom. The van der Waals surface area contributed by atoms with Crippen LogP contribution in [0.3, 0.4) is 0 Å². The Balaban J connectivity index is 2.00. The highest BCUT2D eigenvalue weighted by molar-refractivity contribution is 6.30. The van der Waals surface area contributed by atoms with E-state index in [1.807, 2.05) is 43.3 Å². The molecule has 1 unspecified atom stereocenters. The second-order valence-corrected chi connectivity index (χ2v) is 5.38. The van der Waals surface area contributed by atoms with Crippen molar-refractivity contribution in [3.63, 3.8) is 0 Å². The Hall–Kier alpha value is -2.20. The van der Waals surface area contributed by atoms with Crippen molar-refractivity contribution in [3.05, 3.63) is 52.5 Å². The molecule has 21 heavy (non-hydrogen) atoms. The fourth-order valence-corrected chi connectivity index (χ4v) is 2.80. The molecule has 2 aromatic rings. The van der Waals surface area contributed by atoms with Gasteiger partial charge >= 0.3 is 6.09 Å². The van der Waals surface area contributed by atoms with E-state index in [0.29, 0.717) is 11.4 Å². The van der Waals surface area contributed by atoms with Crippen LogP contribution < -0.4 is 10.5 Å². The average molecular weight is 304 g/mol. The van der Waals surface area contributed by atoms with Gasteiger partial charge in [0.15, 0.2) is 0 Å². The molecule has 1 aliphatic heterocycles. The van der Waals surface area contributed by atoms with E-state index in [4.69, 9.17) is 26.8 Å². The van der Waals surface area contributed by atoms with Crippen LogP contribution in [-0.2, 0) is 11.2 Å². The first-order chi connectivity index (χ1) is 10.0. The number of halogens is 1. The number of aryl methyl sites for hydroxylation is 1. The van der Waals surface area contributed by atoms with Gasteiger partial charge in [0.25, 0.3) is 0 Å². The topological polar surface area (TPSA) is 61.6 Å². The van der Waals surface area contributed by atoms with E-state index in [-0.39, 0.29) is 0 Å². The molecule has 5 heteroatoms. The fraction of sp³-hybridized carbons (Fsp3) is 0.188. The van der Waals surface area contributed by atoms with Crippen LogP contribution in [0.5, 0.6) is 5.75 Å². The minimum Gasteiger partial charge on any atom is -0.453 e. The van der Waals surface area contributed by atoms with Gasteiger partial charge in [0.05, 0.1) is 6.42 Å². The maximum Gasteiger partial charge on any atom is 0.407 e. The molecule has 2 aromatic carbocycles. The summed E-state index contributed by atoms with van der Waals surface area (Å²) >= 11 is 6.00. The lowest BCUT2D eigenvalue weighted by Crippen LogP contribution is -2.25. The number of rotatable bonds is 2. The highest BCUT2D eigenvalue weighted by Crippen LogP contribution is 2.40. The van der Waals surface area contributed by atoms with Crippen LogP contribution in [0.25, 0.3) is 11.1 Å². The standard InChI is InChI=1S/C16H14ClNO3/c1-9-7-11(17)5-6-12(9)13-4-2-3-10-8-14(20-15(10)13)21-16(18)19/h2-7,14H,8H2,1H3,(H2,18,19). The van der Waals surface area contributed by atoms with E-state index >= 15 is 0 Å². The third-order valence-corrected chi connectivity index (χ3v) is 3.69. The zero-order chi connectivity index (χ0) is 15.0. The molecule has 0 saturated heterocycles. The Bertz CT molecular complexity index is 715. The summed E-state index contributed by atoms with van der Waals surface area (Å²) < 4.78 is 10.7. The Kier molecular flexibility index (Phi) is 3.47. The van der Waals surface area contributed by atoms with Gasteiger partial charge in [0.1, 0.15) is 5.75 Å². The predicted molar refractivity (Wildman–Crippen MR) is 80.4 cm³/mol. The molecule has 0 aliphatic carbocycles. The number of carbonyl (C=O) groups excluding carboxylic acids is 1. The normalized spacial score (nSPS) is 16.2. The van der Waals surface area contributed by atoms with E-state index in [1.54, 1.807) is 0 Å². The molecule has 1 aliphatic rings. The van der Waals surface area contributed by atoms with Gasteiger partial charge in [-0.3, -0.25) is 0 Å². The number of benzene rings is 2. The summed E-state index contributed by atoms with van der Waals surface area (Å²) in [6.07, 6.45) is -0.998. The van der Waals surface area contributed by atoms with Crippen molar-refractivity contribution in [2.75, 3.05) is 0 Å². The number of primary amides is 1. The van der Waals surface area contributed by atoms with Crippen molar-refractivity contribution in [2.24, 2.45) is 5.73 Å². The van der Waals surface area contributed by atoms with Gasteiger partial charge in [-0.1, -0.05) is 35.9 Å². The second kappa shape index (κ2) is 5.30. The first kappa shape index (κ1) is 13.8. The molecule has 4 nitrogen and oxygen atoms in total. The number of carbonyl (C=O) groups is 1. The van der Waals surface area contributed by atoms with Crippen molar-refractivity contribution in [1.29, 1.82) is 0 Å². The summed E-state index contributed by atoms with van der Waals surface area (Å²) in [5.41, 5.74) is 9.08. The number of ether oxygens (including phenoxy) is 2. The van der Waals surface area contributed by atoms with Gasteiger partial charge in [0, 0.05) is 16.1 Å². The summed E-state index contributed by atoms with van der Waals surface area (Å²) in [5, 5.41) is 0.694. The Labute approximate surface area is 127 Å². The minimum absolute atomic E-state index is 0.499. The van der Waals surface area contributed by atoms with Gasteiger partial charge in [-0.25, -0.2) is 4.79 Å². The summed E-state index contributed by atoms with van der Waals surface area (Å²) in [7, 11) is 0. The first-order valence-electron chi connectivity index (χ1n) is 6.56. The molecule has 1 amide bonds. The van der Waals surface area contributed by atoms with Gasteiger partial charge in [0.2, 0.25) is 6.29 Å². The Morgan fingerprint density at radius 3 is 2.86 bits per heavy atom. The molecule has 108 valence electrons. The van der Waals surface area contributed by atoms with E-state index < -0.39 is 12.4 Å². The largest absolute Gasteiger partial charge is 0.453 e. The average Bonchev–Trinajstić information content (AvgIpc) is 2.80. The number of hydrogen-bond donors (Lipinski definition) is 1. The molecule has 3 rings (SSSR count). The molecule has 0 fully saturated rings. The van der Waals surface area contributed by atoms with Crippen LogP contribution in [-0.4, -0.2) is 12.4 Å². The summed E-state index contributed by atoms with van der Waals surface area (Å²) in [4.78, 5) is 10.9. The maximum atomic E-state index is 10.9. The summed E-state index contributed by atoms with van der Waals surface area (Å²) in [6, 6.07) is 11.6. The highest BCUT2D eigenvalue weighted by Gasteiger charge is 2.28. The molecular formula is C16H14ClNO3. The molecular weight excluding hydrogens is 290 g/mol. The molecule has 0 saturated carbocycles. The molecule has 2 N–H and O–H groups in total. The van der Waals surface area contributed by atoms with Crippen LogP contribution in [0.2, 0.25) is 5.02 Å². The zero-order valence-corrected chi connectivity index (χ0v) is 12.2. The quantitative estimate of drug-likeness (QED) is 0.920. The third-order valence-electron chi connectivity index (χ3n) is 3.46. The van der Waals surface area contributed by atoms with Gasteiger partial charge < -0.3 is 15.2 Å². The summed E-state index contributed by atoms with van der Waals surface area (Å²) in [5.74, 6) is 0.731. The zero-order valence-electron chi connectivity index (χ0n) is 11.4. The number of amides is 1. The highest BCUT2D eigenvalue weighted by atomic mass is 35.5. The van der Waals surface area contributed by atoms with Crippen LogP contribution in [0.15, 0.2) is 36.4 Å². The number of fused-ring (bicyclic) bond motifs is 1. The number of nitrogens with two attached hydrogens (primary N) is 1.